The largest absolute Gasteiger partial charge is 0.508 e. The lowest BCUT2D eigenvalue weighted by molar-refractivity contribution is 0.469. The zero-order chi connectivity index (χ0) is 9.68. The highest BCUT2D eigenvalue weighted by molar-refractivity contribution is 9.09. The van der Waals surface area contributed by atoms with E-state index in [0.717, 1.165) is 29.3 Å². The highest BCUT2D eigenvalue weighted by Gasteiger charge is 2.00. The number of hydrogen-bond acceptors (Lipinski definition) is 1. The number of aryl methyl sites for hydroxylation is 1. The van der Waals surface area contributed by atoms with Crippen LogP contribution < -0.4 is 0 Å². The Morgan fingerprint density at radius 3 is 2.69 bits per heavy atom. The van der Waals surface area contributed by atoms with Crippen LogP contribution in [0, 0.1) is 0 Å². The molecule has 0 saturated heterocycles. The molecular weight excluding hydrogens is 251 g/mol. The second-order valence-electron chi connectivity index (χ2n) is 2.89. The summed E-state index contributed by atoms with van der Waals surface area (Å²) in [5, 5.41) is 10.5. The molecule has 0 spiro atoms. The Morgan fingerprint density at radius 1 is 1.38 bits per heavy atom. The third-order valence-electron chi connectivity index (χ3n) is 1.89. The van der Waals surface area contributed by atoms with Gasteiger partial charge < -0.3 is 5.11 Å². The van der Waals surface area contributed by atoms with Gasteiger partial charge >= 0.3 is 0 Å². The summed E-state index contributed by atoms with van der Waals surface area (Å²) in [5.41, 5.74) is 1.95. The van der Waals surface area contributed by atoms with Crippen LogP contribution in [-0.4, -0.2) is 10.4 Å². The first-order valence-corrected chi connectivity index (χ1v) is 5.86. The Hall–Kier alpha value is -0.210. The van der Waals surface area contributed by atoms with E-state index in [1.807, 2.05) is 12.1 Å². The summed E-state index contributed by atoms with van der Waals surface area (Å²) in [6, 6.07) is 5.69. The van der Waals surface area contributed by atoms with E-state index < -0.39 is 0 Å². The Balaban J connectivity index is 2.71. The molecular formula is C10H12BrClO. The molecule has 72 valence electrons. The van der Waals surface area contributed by atoms with Crippen LogP contribution in [0.5, 0.6) is 5.75 Å². The van der Waals surface area contributed by atoms with Crippen molar-refractivity contribution < 1.29 is 5.11 Å². The van der Waals surface area contributed by atoms with E-state index in [1.165, 1.54) is 0 Å². The van der Waals surface area contributed by atoms with Gasteiger partial charge in [0, 0.05) is 10.9 Å². The van der Waals surface area contributed by atoms with Crippen molar-refractivity contribution in [2.75, 3.05) is 5.33 Å². The molecule has 0 bridgehead atoms. The molecule has 1 N–H and O–H groups in total. The number of aromatic hydroxyl groups is 1. The number of halogens is 2. The first kappa shape index (κ1) is 10.9. The van der Waals surface area contributed by atoms with E-state index in [1.54, 1.807) is 6.07 Å². The van der Waals surface area contributed by atoms with Gasteiger partial charge in [0.2, 0.25) is 0 Å². The predicted molar refractivity (Wildman–Crippen MR) is 59.8 cm³/mol. The third-order valence-corrected chi connectivity index (χ3v) is 2.74. The normalized spacial score (nSPS) is 10.3. The minimum Gasteiger partial charge on any atom is -0.508 e. The maximum Gasteiger partial charge on any atom is 0.120 e. The SMILES string of the molecule is Oc1cc(CCCBr)ccc1CCl. The van der Waals surface area contributed by atoms with Gasteiger partial charge in [-0.1, -0.05) is 28.1 Å². The predicted octanol–water partition coefficient (Wildman–Crippen LogP) is 3.46. The lowest BCUT2D eigenvalue weighted by Gasteiger charge is -2.03. The smallest absolute Gasteiger partial charge is 0.120 e. The van der Waals surface area contributed by atoms with E-state index >= 15 is 0 Å². The maximum absolute atomic E-state index is 9.49. The molecule has 3 heteroatoms. The monoisotopic (exact) mass is 262 g/mol. The van der Waals surface area contributed by atoms with Gasteiger partial charge in [-0.15, -0.1) is 11.6 Å². The van der Waals surface area contributed by atoms with E-state index in [4.69, 9.17) is 11.6 Å². The minimum absolute atomic E-state index is 0.307. The van der Waals surface area contributed by atoms with Gasteiger partial charge in [-0.3, -0.25) is 0 Å². The lowest BCUT2D eigenvalue weighted by atomic mass is 10.1. The van der Waals surface area contributed by atoms with Crippen LogP contribution in [0.4, 0.5) is 0 Å². The number of benzene rings is 1. The van der Waals surface area contributed by atoms with E-state index in [9.17, 15) is 5.11 Å². The van der Waals surface area contributed by atoms with E-state index in [0.29, 0.717) is 11.6 Å². The highest BCUT2D eigenvalue weighted by atomic mass is 79.9. The van der Waals surface area contributed by atoms with Gasteiger partial charge in [-0.25, -0.2) is 0 Å². The van der Waals surface area contributed by atoms with Crippen LogP contribution in [0.2, 0.25) is 0 Å². The molecule has 13 heavy (non-hydrogen) atoms. The number of alkyl halides is 2. The standard InChI is InChI=1S/C10H12BrClO/c11-5-1-2-8-3-4-9(7-12)10(13)6-8/h3-4,6,13H,1-2,5,7H2. The topological polar surface area (TPSA) is 20.2 Å². The Bertz CT molecular complexity index is 276. The van der Waals surface area contributed by atoms with Crippen molar-refractivity contribution in [2.45, 2.75) is 18.7 Å². The Kier molecular flexibility index (Phi) is 4.60. The molecule has 0 aliphatic heterocycles. The van der Waals surface area contributed by atoms with E-state index in [-0.39, 0.29) is 0 Å². The number of rotatable bonds is 4. The number of phenols is 1. The molecule has 0 unspecified atom stereocenters. The highest BCUT2D eigenvalue weighted by Crippen LogP contribution is 2.21. The Labute approximate surface area is 91.9 Å². The van der Waals surface area contributed by atoms with Crippen molar-refractivity contribution in [1.29, 1.82) is 0 Å². The van der Waals surface area contributed by atoms with Gasteiger partial charge in [-0.05, 0) is 24.5 Å². The summed E-state index contributed by atoms with van der Waals surface area (Å²) in [6.07, 6.45) is 2.07. The zero-order valence-corrected chi connectivity index (χ0v) is 9.61. The van der Waals surface area contributed by atoms with Gasteiger partial charge in [0.1, 0.15) is 5.75 Å². The van der Waals surface area contributed by atoms with Crippen LogP contribution in [0.25, 0.3) is 0 Å². The Morgan fingerprint density at radius 2 is 2.15 bits per heavy atom. The van der Waals surface area contributed by atoms with Crippen LogP contribution in [0.3, 0.4) is 0 Å². The molecule has 1 rings (SSSR count). The van der Waals surface area contributed by atoms with Gasteiger partial charge in [-0.2, -0.15) is 0 Å². The van der Waals surface area contributed by atoms with Gasteiger partial charge in [0.05, 0.1) is 5.88 Å². The molecule has 1 aromatic rings. The summed E-state index contributed by atoms with van der Waals surface area (Å²) in [6.45, 7) is 0. The molecule has 0 aromatic heterocycles. The molecule has 0 saturated carbocycles. The quantitative estimate of drug-likeness (QED) is 0.825. The van der Waals surface area contributed by atoms with E-state index in [2.05, 4.69) is 15.9 Å². The molecule has 0 atom stereocenters. The van der Waals surface area contributed by atoms with Gasteiger partial charge in [0.15, 0.2) is 0 Å². The average molecular weight is 264 g/mol. The zero-order valence-electron chi connectivity index (χ0n) is 7.26. The van der Waals surface area contributed by atoms with Crippen LogP contribution in [0.15, 0.2) is 18.2 Å². The number of hydrogen-bond donors (Lipinski definition) is 1. The molecule has 1 aromatic carbocycles. The van der Waals surface area contributed by atoms with Crippen molar-refractivity contribution in [1.82, 2.24) is 0 Å². The fourth-order valence-electron chi connectivity index (χ4n) is 1.15. The average Bonchev–Trinajstić information content (AvgIpc) is 2.15. The summed E-state index contributed by atoms with van der Waals surface area (Å²) in [5.74, 6) is 0.673. The van der Waals surface area contributed by atoms with Crippen molar-refractivity contribution >= 4 is 27.5 Å². The van der Waals surface area contributed by atoms with Crippen molar-refractivity contribution in [2.24, 2.45) is 0 Å². The fraction of sp³-hybridized carbons (Fsp3) is 0.400. The molecule has 0 fully saturated rings. The van der Waals surface area contributed by atoms with Crippen LogP contribution >= 0.6 is 27.5 Å². The van der Waals surface area contributed by atoms with Crippen LogP contribution in [-0.2, 0) is 12.3 Å². The molecule has 0 amide bonds. The number of phenolic OH excluding ortho intramolecular Hbond substituents is 1. The lowest BCUT2D eigenvalue weighted by Crippen LogP contribution is -1.87. The molecule has 0 aliphatic carbocycles. The fourth-order valence-corrected chi connectivity index (χ4v) is 1.66. The second kappa shape index (κ2) is 5.51. The maximum atomic E-state index is 9.49. The molecule has 1 nitrogen and oxygen atoms in total. The summed E-state index contributed by atoms with van der Waals surface area (Å²) in [7, 11) is 0. The van der Waals surface area contributed by atoms with Crippen molar-refractivity contribution in [3.8, 4) is 5.75 Å². The summed E-state index contributed by atoms with van der Waals surface area (Å²) < 4.78 is 0. The second-order valence-corrected chi connectivity index (χ2v) is 3.95. The van der Waals surface area contributed by atoms with Crippen molar-refractivity contribution in [3.63, 3.8) is 0 Å². The third kappa shape index (κ3) is 3.20. The molecule has 0 aliphatic rings. The van der Waals surface area contributed by atoms with Crippen molar-refractivity contribution in [3.05, 3.63) is 29.3 Å². The summed E-state index contributed by atoms with van der Waals surface area (Å²) >= 11 is 8.99. The minimum atomic E-state index is 0.307. The first-order valence-electron chi connectivity index (χ1n) is 4.20. The molecule has 0 heterocycles. The molecule has 0 radical (unpaired) electrons. The first-order chi connectivity index (χ1) is 6.27. The van der Waals surface area contributed by atoms with Crippen LogP contribution in [0.1, 0.15) is 17.5 Å². The summed E-state index contributed by atoms with van der Waals surface area (Å²) in [4.78, 5) is 0. The van der Waals surface area contributed by atoms with Gasteiger partial charge in [0.25, 0.3) is 0 Å².